The molecule has 1 unspecified atom stereocenters. The SMILES string of the molecule is NCc1nc(NCc2cccc3c2C(=O)N(C2CCC(=O)NC2=O)C3=O)n[nH]1. The lowest BCUT2D eigenvalue weighted by atomic mass is 10.0. The van der Waals surface area contributed by atoms with Gasteiger partial charge in [0.05, 0.1) is 17.7 Å². The zero-order chi connectivity index (χ0) is 19.8. The number of nitrogens with two attached hydrogens (primary N) is 1. The molecule has 5 N–H and O–H groups in total. The minimum absolute atomic E-state index is 0.0759. The molecule has 2 aromatic rings. The molecule has 0 spiro atoms. The number of hydrogen-bond donors (Lipinski definition) is 4. The Morgan fingerprint density at radius 1 is 1.21 bits per heavy atom. The summed E-state index contributed by atoms with van der Waals surface area (Å²) in [4.78, 5) is 54.3. The van der Waals surface area contributed by atoms with Crippen molar-refractivity contribution < 1.29 is 19.2 Å². The first-order chi connectivity index (χ1) is 13.5. The molecule has 11 heteroatoms. The maximum Gasteiger partial charge on any atom is 0.262 e. The summed E-state index contributed by atoms with van der Waals surface area (Å²) in [5, 5.41) is 11.8. The van der Waals surface area contributed by atoms with Crippen LogP contribution in [0.3, 0.4) is 0 Å². The highest BCUT2D eigenvalue weighted by atomic mass is 16.2. The summed E-state index contributed by atoms with van der Waals surface area (Å²) in [5.41, 5.74) is 6.52. The molecule has 1 aromatic heterocycles. The van der Waals surface area contributed by atoms with Gasteiger partial charge in [0.25, 0.3) is 11.8 Å². The quantitative estimate of drug-likeness (QED) is 0.491. The first-order valence-electron chi connectivity index (χ1n) is 8.68. The maximum absolute atomic E-state index is 13.0. The summed E-state index contributed by atoms with van der Waals surface area (Å²) in [6.45, 7) is 0.413. The Labute approximate surface area is 158 Å². The van der Waals surface area contributed by atoms with E-state index in [0.29, 0.717) is 17.3 Å². The minimum atomic E-state index is -0.994. The van der Waals surface area contributed by atoms with E-state index < -0.39 is 29.7 Å². The standard InChI is InChI=1S/C17H17N7O4/c18-6-11-20-17(23-22-11)19-7-8-2-1-3-9-13(8)16(28)24(15(9)27)10-4-5-12(25)21-14(10)26/h1-3,10H,4-7,18H2,(H,21,25,26)(H2,19,20,22,23). The van der Waals surface area contributed by atoms with Gasteiger partial charge in [-0.05, 0) is 18.1 Å². The van der Waals surface area contributed by atoms with Crippen molar-refractivity contribution in [1.82, 2.24) is 25.4 Å². The third kappa shape index (κ3) is 2.91. The van der Waals surface area contributed by atoms with Crippen molar-refractivity contribution in [2.75, 3.05) is 5.32 Å². The zero-order valence-corrected chi connectivity index (χ0v) is 14.7. The predicted molar refractivity (Wildman–Crippen MR) is 94.7 cm³/mol. The largest absolute Gasteiger partial charge is 0.349 e. The van der Waals surface area contributed by atoms with E-state index in [1.807, 2.05) is 0 Å². The third-order valence-corrected chi connectivity index (χ3v) is 4.72. The van der Waals surface area contributed by atoms with Gasteiger partial charge in [-0.25, -0.2) is 0 Å². The van der Waals surface area contributed by atoms with Crippen molar-refractivity contribution in [2.24, 2.45) is 5.73 Å². The van der Waals surface area contributed by atoms with Gasteiger partial charge in [-0.1, -0.05) is 12.1 Å². The fourth-order valence-corrected chi connectivity index (χ4v) is 3.37. The normalized spacial score (nSPS) is 19.0. The molecule has 2 aliphatic heterocycles. The van der Waals surface area contributed by atoms with Crippen LogP contribution in [0.4, 0.5) is 5.95 Å². The van der Waals surface area contributed by atoms with E-state index in [0.717, 1.165) is 4.90 Å². The fraction of sp³-hybridized carbons (Fsp3) is 0.294. The Morgan fingerprint density at radius 3 is 2.75 bits per heavy atom. The number of imide groups is 2. The Bertz CT molecular complexity index is 999. The summed E-state index contributed by atoms with van der Waals surface area (Å²) in [6.07, 6.45) is 0.190. The van der Waals surface area contributed by atoms with Crippen molar-refractivity contribution in [2.45, 2.75) is 32.0 Å². The van der Waals surface area contributed by atoms with E-state index in [9.17, 15) is 19.2 Å². The molecule has 0 aliphatic carbocycles. The number of benzene rings is 1. The van der Waals surface area contributed by atoms with Gasteiger partial charge in [0.2, 0.25) is 17.8 Å². The smallest absolute Gasteiger partial charge is 0.262 e. The lowest BCUT2D eigenvalue weighted by molar-refractivity contribution is -0.136. The Hall–Kier alpha value is -3.60. The number of nitrogens with zero attached hydrogens (tertiary/aromatic N) is 3. The highest BCUT2D eigenvalue weighted by Crippen LogP contribution is 2.30. The molecule has 2 aliphatic rings. The molecule has 0 bridgehead atoms. The number of aromatic amines is 1. The van der Waals surface area contributed by atoms with Crippen LogP contribution in [0, 0.1) is 0 Å². The first-order valence-corrected chi connectivity index (χ1v) is 8.68. The number of rotatable bonds is 5. The number of fused-ring (bicyclic) bond motifs is 1. The lowest BCUT2D eigenvalue weighted by Crippen LogP contribution is -2.54. The monoisotopic (exact) mass is 383 g/mol. The summed E-state index contributed by atoms with van der Waals surface area (Å²) >= 11 is 0. The highest BCUT2D eigenvalue weighted by Gasteiger charge is 2.45. The average Bonchev–Trinajstić information content (AvgIpc) is 3.24. The molecule has 1 fully saturated rings. The minimum Gasteiger partial charge on any atom is -0.349 e. The molecule has 1 atom stereocenters. The van der Waals surface area contributed by atoms with Gasteiger partial charge >= 0.3 is 0 Å². The number of aromatic nitrogens is 3. The van der Waals surface area contributed by atoms with Crippen LogP contribution in [0.5, 0.6) is 0 Å². The zero-order valence-electron chi connectivity index (χ0n) is 14.7. The number of anilines is 1. The molecule has 4 rings (SSSR count). The lowest BCUT2D eigenvalue weighted by Gasteiger charge is -2.27. The molecule has 0 radical (unpaired) electrons. The van der Waals surface area contributed by atoms with E-state index in [-0.39, 0.29) is 37.1 Å². The van der Waals surface area contributed by atoms with Gasteiger partial charge in [0.15, 0.2) is 0 Å². The van der Waals surface area contributed by atoms with Crippen LogP contribution in [0.2, 0.25) is 0 Å². The molecule has 1 saturated heterocycles. The topological polar surface area (TPSA) is 163 Å². The van der Waals surface area contributed by atoms with Gasteiger partial charge < -0.3 is 11.1 Å². The summed E-state index contributed by atoms with van der Waals surface area (Å²) in [7, 11) is 0. The van der Waals surface area contributed by atoms with Crippen molar-refractivity contribution in [1.29, 1.82) is 0 Å². The summed E-state index contributed by atoms with van der Waals surface area (Å²) in [6, 6.07) is 3.93. The number of carbonyl (C=O) groups excluding carboxylic acids is 4. The van der Waals surface area contributed by atoms with Crippen LogP contribution in [0.15, 0.2) is 18.2 Å². The molecular weight excluding hydrogens is 366 g/mol. The van der Waals surface area contributed by atoms with Crippen molar-refractivity contribution in [3.05, 3.63) is 40.7 Å². The van der Waals surface area contributed by atoms with Crippen molar-refractivity contribution >= 4 is 29.6 Å². The van der Waals surface area contributed by atoms with Gasteiger partial charge in [-0.3, -0.25) is 34.5 Å². The predicted octanol–water partition coefficient (Wildman–Crippen LogP) is -0.723. The van der Waals surface area contributed by atoms with Crippen LogP contribution in [0.1, 0.15) is 44.9 Å². The van der Waals surface area contributed by atoms with Crippen molar-refractivity contribution in [3.8, 4) is 0 Å². The van der Waals surface area contributed by atoms with Crippen LogP contribution in [-0.4, -0.2) is 49.8 Å². The molecule has 1 aromatic carbocycles. The first kappa shape index (κ1) is 17.8. The molecule has 0 saturated carbocycles. The number of piperidine rings is 1. The molecule has 28 heavy (non-hydrogen) atoms. The van der Waals surface area contributed by atoms with Crippen LogP contribution in [-0.2, 0) is 22.7 Å². The average molecular weight is 383 g/mol. The Balaban J connectivity index is 1.59. The number of carbonyl (C=O) groups is 4. The molecule has 4 amide bonds. The van der Waals surface area contributed by atoms with Crippen molar-refractivity contribution in [3.63, 3.8) is 0 Å². The van der Waals surface area contributed by atoms with E-state index in [1.165, 1.54) is 0 Å². The van der Waals surface area contributed by atoms with Gasteiger partial charge in [0, 0.05) is 13.0 Å². The van der Waals surface area contributed by atoms with E-state index >= 15 is 0 Å². The molecule has 3 heterocycles. The molecule has 144 valence electrons. The fourth-order valence-electron chi connectivity index (χ4n) is 3.37. The van der Waals surface area contributed by atoms with Crippen LogP contribution >= 0.6 is 0 Å². The van der Waals surface area contributed by atoms with E-state index in [4.69, 9.17) is 5.73 Å². The second kappa shape index (κ2) is 6.85. The van der Waals surface area contributed by atoms with Gasteiger partial charge in [0.1, 0.15) is 11.9 Å². The second-order valence-corrected chi connectivity index (χ2v) is 6.45. The van der Waals surface area contributed by atoms with Gasteiger partial charge in [-0.2, -0.15) is 4.98 Å². The number of amides is 4. The van der Waals surface area contributed by atoms with E-state index in [2.05, 4.69) is 25.8 Å². The van der Waals surface area contributed by atoms with Crippen LogP contribution in [0.25, 0.3) is 0 Å². The Kier molecular flexibility index (Phi) is 4.35. The van der Waals surface area contributed by atoms with E-state index in [1.54, 1.807) is 18.2 Å². The Morgan fingerprint density at radius 2 is 2.04 bits per heavy atom. The van der Waals surface area contributed by atoms with Crippen LogP contribution < -0.4 is 16.4 Å². The number of hydrogen-bond acceptors (Lipinski definition) is 8. The van der Waals surface area contributed by atoms with Gasteiger partial charge in [-0.15, -0.1) is 5.10 Å². The third-order valence-electron chi connectivity index (χ3n) is 4.72. The number of H-pyrrole nitrogens is 1. The summed E-state index contributed by atoms with van der Waals surface area (Å²) in [5.74, 6) is -1.32. The molecular formula is C17H17N7O4. The highest BCUT2D eigenvalue weighted by molar-refractivity contribution is 6.24. The molecule has 11 nitrogen and oxygen atoms in total. The number of nitrogens with one attached hydrogen (secondary N) is 3. The maximum atomic E-state index is 13.0. The summed E-state index contributed by atoms with van der Waals surface area (Å²) < 4.78 is 0. The second-order valence-electron chi connectivity index (χ2n) is 6.45.